The third kappa shape index (κ3) is 3.85. The van der Waals surface area contributed by atoms with Crippen LogP contribution < -0.4 is 5.32 Å². The summed E-state index contributed by atoms with van der Waals surface area (Å²) < 4.78 is 0. The normalized spacial score (nSPS) is 18.0. The van der Waals surface area contributed by atoms with Gasteiger partial charge in [0.1, 0.15) is 0 Å². The third-order valence-corrected chi connectivity index (χ3v) is 4.78. The molecular weight excluding hydrogens is 300 g/mol. The minimum absolute atomic E-state index is 0.0560. The lowest BCUT2D eigenvalue weighted by Gasteiger charge is -2.17. The van der Waals surface area contributed by atoms with Crippen LogP contribution in [0.3, 0.4) is 0 Å². The third-order valence-electron chi connectivity index (χ3n) is 4.78. The van der Waals surface area contributed by atoms with Crippen LogP contribution in [0.15, 0.2) is 24.4 Å². The summed E-state index contributed by atoms with van der Waals surface area (Å²) in [6.07, 6.45) is 3.08. The Morgan fingerprint density at radius 1 is 1.42 bits per heavy atom. The molecule has 1 aliphatic heterocycles. The van der Waals surface area contributed by atoms with Gasteiger partial charge in [-0.3, -0.25) is 14.8 Å². The number of nitrogens with zero attached hydrogens (tertiary/aromatic N) is 2. The van der Waals surface area contributed by atoms with E-state index in [1.54, 1.807) is 6.92 Å². The number of carbonyl (C=O) groups excluding carboxylic acids is 1. The number of benzene rings is 1. The van der Waals surface area contributed by atoms with Crippen LogP contribution >= 0.6 is 0 Å². The largest absolute Gasteiger partial charge is 0.356 e. The predicted molar refractivity (Wildman–Crippen MR) is 95.6 cm³/mol. The molecule has 0 radical (unpaired) electrons. The van der Waals surface area contributed by atoms with Gasteiger partial charge in [0.05, 0.1) is 11.9 Å². The van der Waals surface area contributed by atoms with Crippen LogP contribution in [0.1, 0.15) is 30.0 Å². The van der Waals surface area contributed by atoms with Crippen molar-refractivity contribution < 1.29 is 4.79 Å². The Balaban J connectivity index is 1.68. The number of H-pyrrole nitrogens is 1. The minimum Gasteiger partial charge on any atom is -0.356 e. The van der Waals surface area contributed by atoms with E-state index in [1.165, 1.54) is 22.3 Å². The second-order valence-corrected chi connectivity index (χ2v) is 6.92. The van der Waals surface area contributed by atoms with Crippen molar-refractivity contribution in [1.29, 1.82) is 0 Å². The first-order chi connectivity index (χ1) is 11.5. The number of aromatic amines is 1. The lowest BCUT2D eigenvalue weighted by Crippen LogP contribution is -2.29. The molecule has 0 saturated carbocycles. The maximum Gasteiger partial charge on any atom is 0.216 e. The Morgan fingerprint density at radius 2 is 2.25 bits per heavy atom. The zero-order valence-corrected chi connectivity index (χ0v) is 14.7. The quantitative estimate of drug-likeness (QED) is 0.888. The Labute approximate surface area is 143 Å². The number of amides is 1. The molecule has 24 heavy (non-hydrogen) atoms. The minimum atomic E-state index is 0.0560. The van der Waals surface area contributed by atoms with Crippen LogP contribution in [-0.4, -0.2) is 40.6 Å². The molecule has 128 valence electrons. The number of aromatic nitrogens is 2. The van der Waals surface area contributed by atoms with Crippen molar-refractivity contribution in [1.82, 2.24) is 20.4 Å². The molecule has 5 nitrogen and oxygen atoms in total. The maximum absolute atomic E-state index is 11.1. The number of aryl methyl sites for hydroxylation is 2. The van der Waals surface area contributed by atoms with Gasteiger partial charge in [-0.15, -0.1) is 0 Å². The van der Waals surface area contributed by atoms with Crippen LogP contribution in [0, 0.1) is 19.8 Å². The van der Waals surface area contributed by atoms with Crippen LogP contribution in [0.5, 0.6) is 0 Å². The zero-order valence-electron chi connectivity index (χ0n) is 14.7. The van der Waals surface area contributed by atoms with Crippen LogP contribution in [-0.2, 0) is 11.3 Å². The summed E-state index contributed by atoms with van der Waals surface area (Å²) >= 11 is 0. The second kappa shape index (κ2) is 7.18. The van der Waals surface area contributed by atoms with Gasteiger partial charge >= 0.3 is 0 Å². The fraction of sp³-hybridized carbons (Fsp3) is 0.474. The molecule has 0 spiro atoms. The molecule has 0 unspecified atom stereocenters. The molecule has 1 aromatic carbocycles. The average molecular weight is 326 g/mol. The highest BCUT2D eigenvalue weighted by molar-refractivity contribution is 5.72. The number of carbonyl (C=O) groups is 1. The van der Waals surface area contributed by atoms with E-state index >= 15 is 0 Å². The molecule has 1 amide bonds. The van der Waals surface area contributed by atoms with E-state index in [9.17, 15) is 4.79 Å². The Bertz CT molecular complexity index is 722. The highest BCUT2D eigenvalue weighted by atomic mass is 16.1. The van der Waals surface area contributed by atoms with E-state index in [0.29, 0.717) is 5.92 Å². The highest BCUT2D eigenvalue weighted by Gasteiger charge is 2.24. The smallest absolute Gasteiger partial charge is 0.216 e. The van der Waals surface area contributed by atoms with Crippen molar-refractivity contribution >= 4 is 5.91 Å². The standard InChI is InChI=1S/C19H26N4O/c1-13-4-5-14(2)18(8-13)19-17(10-21-22-19)12-23-7-6-16(11-23)9-20-15(3)24/h4-5,8,10,16H,6-7,9,11-12H2,1-3H3,(H,20,24)(H,21,22)/t16-/m1/s1. The van der Waals surface area contributed by atoms with Crippen molar-refractivity contribution in [3.05, 3.63) is 41.1 Å². The molecule has 1 aliphatic rings. The second-order valence-electron chi connectivity index (χ2n) is 6.92. The molecule has 1 atom stereocenters. The van der Waals surface area contributed by atoms with Crippen molar-refractivity contribution in [3.8, 4) is 11.3 Å². The van der Waals surface area contributed by atoms with E-state index < -0.39 is 0 Å². The van der Waals surface area contributed by atoms with Gasteiger partial charge < -0.3 is 5.32 Å². The summed E-state index contributed by atoms with van der Waals surface area (Å²) in [5, 5.41) is 10.4. The fourth-order valence-electron chi connectivity index (χ4n) is 3.42. The Kier molecular flexibility index (Phi) is 5.00. The number of rotatable bonds is 5. The summed E-state index contributed by atoms with van der Waals surface area (Å²) in [6.45, 7) is 9.61. The van der Waals surface area contributed by atoms with Crippen LogP contribution in [0.25, 0.3) is 11.3 Å². The Morgan fingerprint density at radius 3 is 3.04 bits per heavy atom. The van der Waals surface area contributed by atoms with E-state index in [0.717, 1.165) is 38.3 Å². The lowest BCUT2D eigenvalue weighted by atomic mass is 10.0. The van der Waals surface area contributed by atoms with Gasteiger partial charge in [0, 0.05) is 37.7 Å². The first kappa shape index (κ1) is 16.7. The molecule has 2 N–H and O–H groups in total. The van der Waals surface area contributed by atoms with Crippen molar-refractivity contribution in [2.75, 3.05) is 19.6 Å². The lowest BCUT2D eigenvalue weighted by molar-refractivity contribution is -0.119. The van der Waals surface area contributed by atoms with E-state index in [-0.39, 0.29) is 5.91 Å². The fourth-order valence-corrected chi connectivity index (χ4v) is 3.42. The molecule has 3 rings (SSSR count). The van der Waals surface area contributed by atoms with Gasteiger partial charge in [-0.2, -0.15) is 5.10 Å². The summed E-state index contributed by atoms with van der Waals surface area (Å²) in [6, 6.07) is 6.52. The first-order valence-electron chi connectivity index (χ1n) is 8.59. The van der Waals surface area contributed by atoms with Gasteiger partial charge in [0.15, 0.2) is 0 Å². The van der Waals surface area contributed by atoms with Gasteiger partial charge in [-0.05, 0) is 44.4 Å². The molecule has 2 heterocycles. The zero-order chi connectivity index (χ0) is 17.1. The van der Waals surface area contributed by atoms with E-state index in [2.05, 4.69) is 52.5 Å². The first-order valence-corrected chi connectivity index (χ1v) is 8.59. The molecular formula is C19H26N4O. The monoisotopic (exact) mass is 326 g/mol. The van der Waals surface area contributed by atoms with Crippen LogP contribution in [0.2, 0.25) is 0 Å². The highest BCUT2D eigenvalue weighted by Crippen LogP contribution is 2.28. The SMILES string of the molecule is CC(=O)NC[C@H]1CCN(Cc2cn[nH]c2-c2cc(C)ccc2C)C1. The summed E-state index contributed by atoms with van der Waals surface area (Å²) in [7, 11) is 0. The van der Waals surface area contributed by atoms with Crippen LogP contribution in [0.4, 0.5) is 0 Å². The predicted octanol–water partition coefficient (Wildman–Crippen LogP) is 2.65. The average Bonchev–Trinajstić information content (AvgIpc) is 3.17. The molecule has 1 aromatic heterocycles. The molecule has 0 bridgehead atoms. The Hall–Kier alpha value is -2.14. The number of hydrogen-bond donors (Lipinski definition) is 2. The molecule has 1 fully saturated rings. The van der Waals surface area contributed by atoms with Gasteiger partial charge in [0.25, 0.3) is 0 Å². The summed E-state index contributed by atoms with van der Waals surface area (Å²) in [4.78, 5) is 13.5. The molecule has 0 aliphatic carbocycles. The molecule has 2 aromatic rings. The van der Waals surface area contributed by atoms with Crippen molar-refractivity contribution in [3.63, 3.8) is 0 Å². The molecule has 5 heteroatoms. The van der Waals surface area contributed by atoms with Gasteiger partial charge in [-0.1, -0.05) is 17.7 Å². The van der Waals surface area contributed by atoms with Gasteiger partial charge in [-0.25, -0.2) is 0 Å². The number of hydrogen-bond acceptors (Lipinski definition) is 3. The van der Waals surface area contributed by atoms with Gasteiger partial charge in [0.2, 0.25) is 5.91 Å². The number of likely N-dealkylation sites (tertiary alicyclic amines) is 1. The van der Waals surface area contributed by atoms with E-state index in [1.807, 2.05) is 6.20 Å². The summed E-state index contributed by atoms with van der Waals surface area (Å²) in [5.74, 6) is 0.602. The summed E-state index contributed by atoms with van der Waals surface area (Å²) in [5.41, 5.74) is 6.12. The van der Waals surface area contributed by atoms with E-state index in [4.69, 9.17) is 0 Å². The van der Waals surface area contributed by atoms with Crippen molar-refractivity contribution in [2.24, 2.45) is 5.92 Å². The number of nitrogens with one attached hydrogen (secondary N) is 2. The maximum atomic E-state index is 11.1. The topological polar surface area (TPSA) is 61.0 Å². The molecule has 1 saturated heterocycles. The van der Waals surface area contributed by atoms with Crippen molar-refractivity contribution in [2.45, 2.75) is 33.7 Å².